The molecule has 1 amide bonds. The van der Waals surface area contributed by atoms with Crippen LogP contribution in [0.1, 0.15) is 28.8 Å². The van der Waals surface area contributed by atoms with Crippen LogP contribution in [0.15, 0.2) is 60.7 Å². The Hall–Kier alpha value is -3.09. The van der Waals surface area contributed by atoms with Gasteiger partial charge < -0.3 is 19.5 Å². The molecule has 1 aliphatic rings. The van der Waals surface area contributed by atoms with Crippen molar-refractivity contribution < 1.29 is 19.0 Å². The van der Waals surface area contributed by atoms with Gasteiger partial charge in [0, 0.05) is 39.4 Å². The third kappa shape index (κ3) is 6.03. The van der Waals surface area contributed by atoms with Crippen LogP contribution in [0.3, 0.4) is 0 Å². The molecule has 33 heavy (non-hydrogen) atoms. The highest BCUT2D eigenvalue weighted by Crippen LogP contribution is 2.28. The van der Waals surface area contributed by atoms with E-state index in [2.05, 4.69) is 52.7 Å². The van der Waals surface area contributed by atoms with Crippen molar-refractivity contribution >= 4 is 16.7 Å². The molecule has 0 aliphatic carbocycles. The fraction of sp³-hybridized carbons (Fsp3) is 0.370. The first kappa shape index (κ1) is 23.1. The number of methoxy groups -OCH3 is 2. The Balaban J connectivity index is 1.36. The number of nitrogens with one attached hydrogen (secondary N) is 1. The molecule has 0 saturated carbocycles. The van der Waals surface area contributed by atoms with E-state index in [1.807, 2.05) is 0 Å². The standard InChI is InChI=1S/C27H32N2O4/c1-31-16-13-28-27(30)25-10-9-24(32-2)18-26(25)33-23-11-14-29(15-12-23)19-20-7-8-21-5-3-4-6-22(21)17-20/h3-10,17-18,23H,11-16,19H2,1-2H3,(H,28,30). The van der Waals surface area contributed by atoms with Crippen LogP contribution in [0.5, 0.6) is 11.5 Å². The topological polar surface area (TPSA) is 60.0 Å². The van der Waals surface area contributed by atoms with Crippen LogP contribution in [-0.4, -0.2) is 57.4 Å². The summed E-state index contributed by atoms with van der Waals surface area (Å²) in [6, 6.07) is 20.5. The van der Waals surface area contributed by atoms with Crippen molar-refractivity contribution in [3.8, 4) is 11.5 Å². The predicted molar refractivity (Wildman–Crippen MR) is 130 cm³/mol. The molecule has 1 saturated heterocycles. The Labute approximate surface area is 195 Å². The summed E-state index contributed by atoms with van der Waals surface area (Å²) >= 11 is 0. The van der Waals surface area contributed by atoms with Gasteiger partial charge in [0.2, 0.25) is 0 Å². The maximum absolute atomic E-state index is 12.6. The number of amides is 1. The zero-order chi connectivity index (χ0) is 23.0. The summed E-state index contributed by atoms with van der Waals surface area (Å²) in [5, 5.41) is 5.42. The minimum absolute atomic E-state index is 0.0653. The van der Waals surface area contributed by atoms with E-state index in [-0.39, 0.29) is 12.0 Å². The van der Waals surface area contributed by atoms with Crippen molar-refractivity contribution in [2.75, 3.05) is 40.5 Å². The second-order valence-corrected chi connectivity index (χ2v) is 8.39. The third-order valence-electron chi connectivity index (χ3n) is 6.07. The fourth-order valence-electron chi connectivity index (χ4n) is 4.24. The lowest BCUT2D eigenvalue weighted by molar-refractivity contribution is 0.0881. The van der Waals surface area contributed by atoms with Crippen molar-refractivity contribution in [3.63, 3.8) is 0 Å². The van der Waals surface area contributed by atoms with Crippen LogP contribution < -0.4 is 14.8 Å². The summed E-state index contributed by atoms with van der Waals surface area (Å²) in [6.45, 7) is 3.76. The highest BCUT2D eigenvalue weighted by Gasteiger charge is 2.23. The molecule has 6 nitrogen and oxygen atoms in total. The molecule has 1 N–H and O–H groups in total. The number of carbonyl (C=O) groups excluding carboxylic acids is 1. The highest BCUT2D eigenvalue weighted by atomic mass is 16.5. The largest absolute Gasteiger partial charge is 0.497 e. The monoisotopic (exact) mass is 448 g/mol. The van der Waals surface area contributed by atoms with Gasteiger partial charge in [-0.15, -0.1) is 0 Å². The lowest BCUT2D eigenvalue weighted by Gasteiger charge is -2.32. The Kier molecular flexibility index (Phi) is 7.81. The molecule has 0 aromatic heterocycles. The average molecular weight is 449 g/mol. The summed E-state index contributed by atoms with van der Waals surface area (Å²) in [5.74, 6) is 1.07. The number of benzene rings is 3. The van der Waals surface area contributed by atoms with Crippen LogP contribution in [0.25, 0.3) is 10.8 Å². The molecule has 1 aliphatic heterocycles. The second kappa shape index (κ2) is 11.2. The van der Waals surface area contributed by atoms with Gasteiger partial charge in [0.25, 0.3) is 5.91 Å². The molecule has 1 heterocycles. The zero-order valence-corrected chi connectivity index (χ0v) is 19.4. The maximum atomic E-state index is 12.6. The average Bonchev–Trinajstić information content (AvgIpc) is 2.85. The summed E-state index contributed by atoms with van der Waals surface area (Å²) < 4.78 is 16.7. The number of hydrogen-bond acceptors (Lipinski definition) is 5. The second-order valence-electron chi connectivity index (χ2n) is 8.39. The highest BCUT2D eigenvalue weighted by molar-refractivity contribution is 5.97. The van der Waals surface area contributed by atoms with E-state index in [1.54, 1.807) is 32.4 Å². The molecule has 0 bridgehead atoms. The number of rotatable bonds is 9. The van der Waals surface area contributed by atoms with Crippen LogP contribution in [0.4, 0.5) is 0 Å². The third-order valence-corrected chi connectivity index (χ3v) is 6.07. The van der Waals surface area contributed by atoms with Gasteiger partial charge in [-0.25, -0.2) is 0 Å². The summed E-state index contributed by atoms with van der Waals surface area (Å²) in [5.41, 5.74) is 1.85. The van der Waals surface area contributed by atoms with Crippen LogP contribution in [0, 0.1) is 0 Å². The van der Waals surface area contributed by atoms with Crippen LogP contribution in [0.2, 0.25) is 0 Å². The van der Waals surface area contributed by atoms with Gasteiger partial charge in [0.05, 0.1) is 19.3 Å². The van der Waals surface area contributed by atoms with Gasteiger partial charge in [-0.3, -0.25) is 9.69 Å². The van der Waals surface area contributed by atoms with Gasteiger partial charge >= 0.3 is 0 Å². The number of piperidine rings is 1. The van der Waals surface area contributed by atoms with Crippen molar-refractivity contribution in [1.82, 2.24) is 10.2 Å². The summed E-state index contributed by atoms with van der Waals surface area (Å²) in [4.78, 5) is 15.1. The van der Waals surface area contributed by atoms with Crippen molar-refractivity contribution in [2.45, 2.75) is 25.5 Å². The lowest BCUT2D eigenvalue weighted by Crippen LogP contribution is -2.38. The van der Waals surface area contributed by atoms with E-state index < -0.39 is 0 Å². The first-order valence-corrected chi connectivity index (χ1v) is 11.5. The Morgan fingerprint density at radius 2 is 1.79 bits per heavy atom. The number of ether oxygens (including phenoxy) is 3. The predicted octanol–water partition coefficient (Wildman–Crippen LogP) is 4.27. The van der Waals surface area contributed by atoms with Crippen molar-refractivity contribution in [1.29, 1.82) is 0 Å². The number of fused-ring (bicyclic) bond motifs is 1. The minimum Gasteiger partial charge on any atom is -0.497 e. The fourth-order valence-corrected chi connectivity index (χ4v) is 4.24. The molecule has 6 heteroatoms. The molecule has 174 valence electrons. The van der Waals surface area contributed by atoms with Gasteiger partial charge in [-0.2, -0.15) is 0 Å². The van der Waals surface area contributed by atoms with E-state index >= 15 is 0 Å². The molecular weight excluding hydrogens is 416 g/mol. The molecule has 4 rings (SSSR count). The molecule has 0 spiro atoms. The Morgan fingerprint density at radius 3 is 2.55 bits per heavy atom. The number of carbonyl (C=O) groups is 1. The quantitative estimate of drug-likeness (QED) is 0.496. The summed E-state index contributed by atoms with van der Waals surface area (Å²) in [7, 11) is 3.23. The number of hydrogen-bond donors (Lipinski definition) is 1. The SMILES string of the molecule is COCCNC(=O)c1ccc(OC)cc1OC1CCN(Cc2ccc3ccccc3c2)CC1. The first-order valence-electron chi connectivity index (χ1n) is 11.5. The Bertz CT molecular complexity index is 1080. The normalized spacial score (nSPS) is 14.8. The van der Waals surface area contributed by atoms with E-state index in [1.165, 1.54) is 16.3 Å². The van der Waals surface area contributed by atoms with Gasteiger partial charge in [0.15, 0.2) is 0 Å². The number of nitrogens with zero attached hydrogens (tertiary/aromatic N) is 1. The lowest BCUT2D eigenvalue weighted by atomic mass is 10.0. The summed E-state index contributed by atoms with van der Waals surface area (Å²) in [6.07, 6.45) is 1.89. The van der Waals surface area contributed by atoms with E-state index in [4.69, 9.17) is 14.2 Å². The molecule has 3 aromatic rings. The molecule has 1 fully saturated rings. The molecule has 0 atom stereocenters. The van der Waals surface area contributed by atoms with Gasteiger partial charge in [0.1, 0.15) is 17.6 Å². The van der Waals surface area contributed by atoms with E-state index in [0.29, 0.717) is 30.2 Å². The smallest absolute Gasteiger partial charge is 0.255 e. The molecule has 3 aromatic carbocycles. The van der Waals surface area contributed by atoms with Crippen molar-refractivity contribution in [2.24, 2.45) is 0 Å². The van der Waals surface area contributed by atoms with E-state index in [9.17, 15) is 4.79 Å². The first-order chi connectivity index (χ1) is 16.2. The maximum Gasteiger partial charge on any atom is 0.255 e. The molecule has 0 radical (unpaired) electrons. The van der Waals surface area contributed by atoms with E-state index in [0.717, 1.165) is 32.5 Å². The van der Waals surface area contributed by atoms with Gasteiger partial charge in [-0.1, -0.05) is 36.4 Å². The molecular formula is C27H32N2O4. The minimum atomic E-state index is -0.168. The van der Waals surface area contributed by atoms with Crippen molar-refractivity contribution in [3.05, 3.63) is 71.8 Å². The number of likely N-dealkylation sites (tertiary alicyclic amines) is 1. The van der Waals surface area contributed by atoms with Crippen LogP contribution >= 0.6 is 0 Å². The van der Waals surface area contributed by atoms with Gasteiger partial charge in [-0.05, 0) is 47.4 Å². The zero-order valence-electron chi connectivity index (χ0n) is 19.4. The van der Waals surface area contributed by atoms with Crippen LogP contribution in [-0.2, 0) is 11.3 Å². The Morgan fingerprint density at radius 1 is 1.00 bits per heavy atom. The molecule has 0 unspecified atom stereocenters.